The number of halogens is 1. The first-order valence-corrected chi connectivity index (χ1v) is 5.59. The number of benzene rings is 2. The summed E-state index contributed by atoms with van der Waals surface area (Å²) in [6.45, 7) is 2.57. The number of para-hydroxylation sites is 1. The van der Waals surface area contributed by atoms with Crippen molar-refractivity contribution in [2.45, 2.75) is 6.92 Å². The molecule has 0 N–H and O–H groups in total. The number of rotatable bonds is 4. The molecule has 0 unspecified atom stereocenters. The monoisotopic (exact) mass is 262 g/mol. The third-order valence-electron chi connectivity index (χ3n) is 2.19. The van der Waals surface area contributed by atoms with E-state index in [0.29, 0.717) is 6.61 Å². The highest BCUT2D eigenvalue weighted by Gasteiger charge is 1.99. The topological polar surface area (TPSA) is 34.0 Å². The zero-order valence-corrected chi connectivity index (χ0v) is 10.9. The molecule has 0 fully saturated rings. The first-order chi connectivity index (χ1) is 8.40. The van der Waals surface area contributed by atoms with E-state index in [-0.39, 0.29) is 12.4 Å². The maximum absolute atomic E-state index is 5.47. The second-order valence-electron chi connectivity index (χ2n) is 3.44. The van der Waals surface area contributed by atoms with E-state index >= 15 is 0 Å². The first kappa shape index (κ1) is 14.2. The fourth-order valence-corrected chi connectivity index (χ4v) is 1.42. The third kappa shape index (κ3) is 3.86. The van der Waals surface area contributed by atoms with Gasteiger partial charge < -0.3 is 4.74 Å². The predicted octanol–water partition coefficient (Wildman–Crippen LogP) is 4.92. The molecule has 0 saturated heterocycles. The number of hydrogen-bond donors (Lipinski definition) is 0. The summed E-state index contributed by atoms with van der Waals surface area (Å²) in [6.07, 6.45) is 0. The minimum Gasteiger partial charge on any atom is -0.492 e. The predicted molar refractivity (Wildman–Crippen MR) is 75.5 cm³/mol. The SMILES string of the molecule is CCOc1ccccc1N=Nc1ccccc1.Cl. The van der Waals surface area contributed by atoms with Gasteiger partial charge in [0.1, 0.15) is 11.4 Å². The van der Waals surface area contributed by atoms with Crippen molar-refractivity contribution in [2.75, 3.05) is 6.61 Å². The molecule has 0 saturated carbocycles. The molecule has 0 heterocycles. The second kappa shape index (κ2) is 7.45. The molecule has 0 aliphatic heterocycles. The van der Waals surface area contributed by atoms with Gasteiger partial charge in [0.25, 0.3) is 0 Å². The van der Waals surface area contributed by atoms with E-state index in [1.165, 1.54) is 0 Å². The highest BCUT2D eigenvalue weighted by Crippen LogP contribution is 2.28. The lowest BCUT2D eigenvalue weighted by Gasteiger charge is -2.04. The van der Waals surface area contributed by atoms with Crippen molar-refractivity contribution in [3.63, 3.8) is 0 Å². The Kier molecular flexibility index (Phi) is 5.88. The van der Waals surface area contributed by atoms with E-state index in [4.69, 9.17) is 4.74 Å². The largest absolute Gasteiger partial charge is 0.492 e. The minimum absolute atomic E-state index is 0. The van der Waals surface area contributed by atoms with Gasteiger partial charge >= 0.3 is 0 Å². The Morgan fingerprint density at radius 2 is 1.56 bits per heavy atom. The minimum atomic E-state index is 0. The average Bonchev–Trinajstić information content (AvgIpc) is 2.39. The van der Waals surface area contributed by atoms with Gasteiger partial charge in [0.15, 0.2) is 0 Å². The molecule has 0 radical (unpaired) electrons. The summed E-state index contributed by atoms with van der Waals surface area (Å²) in [6, 6.07) is 17.3. The van der Waals surface area contributed by atoms with E-state index in [1.807, 2.05) is 61.5 Å². The van der Waals surface area contributed by atoms with Gasteiger partial charge in [-0.2, -0.15) is 5.11 Å². The van der Waals surface area contributed by atoms with Gasteiger partial charge in [-0.15, -0.1) is 17.5 Å². The molecule has 3 nitrogen and oxygen atoms in total. The molecule has 0 aromatic heterocycles. The molecule has 2 aromatic rings. The molecular weight excluding hydrogens is 248 g/mol. The van der Waals surface area contributed by atoms with E-state index in [1.54, 1.807) is 0 Å². The van der Waals surface area contributed by atoms with Crippen LogP contribution in [0.15, 0.2) is 64.8 Å². The van der Waals surface area contributed by atoms with Crippen LogP contribution in [0.25, 0.3) is 0 Å². The highest BCUT2D eigenvalue weighted by molar-refractivity contribution is 5.85. The molecule has 0 aliphatic rings. The number of ether oxygens (including phenoxy) is 1. The fourth-order valence-electron chi connectivity index (χ4n) is 1.42. The van der Waals surface area contributed by atoms with Crippen LogP contribution in [0.4, 0.5) is 11.4 Å². The maximum Gasteiger partial charge on any atom is 0.146 e. The van der Waals surface area contributed by atoms with E-state index < -0.39 is 0 Å². The van der Waals surface area contributed by atoms with E-state index in [0.717, 1.165) is 17.1 Å². The Hall–Kier alpha value is -1.87. The molecule has 94 valence electrons. The Morgan fingerprint density at radius 1 is 0.889 bits per heavy atom. The summed E-state index contributed by atoms with van der Waals surface area (Å²) in [4.78, 5) is 0. The van der Waals surface area contributed by atoms with Crippen molar-refractivity contribution in [2.24, 2.45) is 10.2 Å². The van der Waals surface area contributed by atoms with Crippen molar-refractivity contribution >= 4 is 23.8 Å². The first-order valence-electron chi connectivity index (χ1n) is 5.59. The van der Waals surface area contributed by atoms with Gasteiger partial charge in [-0.3, -0.25) is 0 Å². The van der Waals surface area contributed by atoms with Crippen LogP contribution in [-0.4, -0.2) is 6.61 Å². The van der Waals surface area contributed by atoms with Crippen molar-refractivity contribution in [1.82, 2.24) is 0 Å². The fraction of sp³-hybridized carbons (Fsp3) is 0.143. The summed E-state index contributed by atoms with van der Waals surface area (Å²) < 4.78 is 5.47. The van der Waals surface area contributed by atoms with Crippen LogP contribution in [0.5, 0.6) is 5.75 Å². The van der Waals surface area contributed by atoms with Crippen LogP contribution in [0.3, 0.4) is 0 Å². The quantitative estimate of drug-likeness (QED) is 0.720. The number of nitrogens with zero attached hydrogens (tertiary/aromatic N) is 2. The summed E-state index contributed by atoms with van der Waals surface area (Å²) in [7, 11) is 0. The molecule has 2 rings (SSSR count). The lowest BCUT2D eigenvalue weighted by Crippen LogP contribution is -1.90. The lowest BCUT2D eigenvalue weighted by atomic mass is 10.3. The van der Waals surface area contributed by atoms with Crippen LogP contribution in [0, 0.1) is 0 Å². The Balaban J connectivity index is 0.00000162. The number of azo groups is 1. The Labute approximate surface area is 113 Å². The van der Waals surface area contributed by atoms with Crippen molar-refractivity contribution in [3.8, 4) is 5.75 Å². The zero-order chi connectivity index (χ0) is 11.9. The van der Waals surface area contributed by atoms with Crippen molar-refractivity contribution in [3.05, 3.63) is 54.6 Å². The van der Waals surface area contributed by atoms with Gasteiger partial charge in [-0.25, -0.2) is 0 Å². The molecule has 0 atom stereocenters. The summed E-state index contributed by atoms with van der Waals surface area (Å²) >= 11 is 0. The summed E-state index contributed by atoms with van der Waals surface area (Å²) in [5.74, 6) is 0.759. The molecule has 0 amide bonds. The molecule has 0 aliphatic carbocycles. The van der Waals surface area contributed by atoms with Crippen LogP contribution in [-0.2, 0) is 0 Å². The van der Waals surface area contributed by atoms with Crippen LogP contribution >= 0.6 is 12.4 Å². The standard InChI is InChI=1S/C14H14N2O.ClH/c1-2-17-14-11-7-6-10-13(14)16-15-12-8-4-3-5-9-12;/h3-11H,2H2,1H3;1H. The van der Waals surface area contributed by atoms with Crippen molar-refractivity contribution in [1.29, 1.82) is 0 Å². The van der Waals surface area contributed by atoms with Crippen LogP contribution < -0.4 is 4.74 Å². The van der Waals surface area contributed by atoms with Crippen molar-refractivity contribution < 1.29 is 4.74 Å². The Bertz CT molecular complexity index is 500. The van der Waals surface area contributed by atoms with Crippen LogP contribution in [0.2, 0.25) is 0 Å². The van der Waals surface area contributed by atoms with Gasteiger partial charge in [-0.05, 0) is 31.2 Å². The smallest absolute Gasteiger partial charge is 0.146 e. The average molecular weight is 263 g/mol. The zero-order valence-electron chi connectivity index (χ0n) is 10.1. The molecule has 2 aromatic carbocycles. The number of hydrogen-bond acceptors (Lipinski definition) is 3. The molecule has 0 bridgehead atoms. The molecule has 4 heteroatoms. The van der Waals surface area contributed by atoms with Gasteiger partial charge in [0.05, 0.1) is 12.3 Å². The molecular formula is C14H15ClN2O. The Morgan fingerprint density at radius 3 is 2.28 bits per heavy atom. The van der Waals surface area contributed by atoms with E-state index in [2.05, 4.69) is 10.2 Å². The van der Waals surface area contributed by atoms with E-state index in [9.17, 15) is 0 Å². The third-order valence-corrected chi connectivity index (χ3v) is 2.19. The summed E-state index contributed by atoms with van der Waals surface area (Å²) in [5.41, 5.74) is 1.58. The highest BCUT2D eigenvalue weighted by atomic mass is 35.5. The normalized spacial score (nSPS) is 10.1. The molecule has 0 spiro atoms. The van der Waals surface area contributed by atoms with Gasteiger partial charge in [0, 0.05) is 0 Å². The maximum atomic E-state index is 5.47. The van der Waals surface area contributed by atoms with Gasteiger partial charge in [-0.1, -0.05) is 30.3 Å². The molecule has 18 heavy (non-hydrogen) atoms. The lowest BCUT2D eigenvalue weighted by molar-refractivity contribution is 0.341. The van der Waals surface area contributed by atoms with Crippen LogP contribution in [0.1, 0.15) is 6.92 Å². The summed E-state index contributed by atoms with van der Waals surface area (Å²) in [5, 5.41) is 8.36. The second-order valence-corrected chi connectivity index (χ2v) is 3.44. The van der Waals surface area contributed by atoms with Gasteiger partial charge in [0.2, 0.25) is 0 Å².